The lowest BCUT2D eigenvalue weighted by Gasteiger charge is -2.00. The van der Waals surface area contributed by atoms with Gasteiger partial charge in [0.1, 0.15) is 6.54 Å². The van der Waals surface area contributed by atoms with Crippen LogP contribution in [0.3, 0.4) is 0 Å². The fraction of sp³-hybridized carbons (Fsp3) is 0.111. The van der Waals surface area contributed by atoms with Crippen molar-refractivity contribution in [2.24, 2.45) is 0 Å². The highest BCUT2D eigenvalue weighted by Crippen LogP contribution is 2.24. The molecule has 0 aliphatic rings. The summed E-state index contributed by atoms with van der Waals surface area (Å²) in [5.74, 6) is 2.41. The van der Waals surface area contributed by atoms with Gasteiger partial charge < -0.3 is 0 Å². The van der Waals surface area contributed by atoms with Crippen LogP contribution >= 0.6 is 23.2 Å². The number of nitrogens with zero attached hydrogens (tertiary/aromatic N) is 1. The minimum Gasteiger partial charge on any atom is -0.272 e. The third kappa shape index (κ3) is 2.34. The molecule has 1 aromatic carbocycles. The van der Waals surface area contributed by atoms with Gasteiger partial charge in [0.25, 0.3) is 0 Å². The van der Waals surface area contributed by atoms with Crippen LogP contribution < -0.4 is 5.32 Å². The van der Waals surface area contributed by atoms with E-state index in [1.165, 1.54) is 0 Å². The lowest BCUT2D eigenvalue weighted by molar-refractivity contribution is 1.000. The Labute approximate surface area is 81.7 Å². The second-order valence-corrected chi connectivity index (χ2v) is 2.93. The van der Waals surface area contributed by atoms with Gasteiger partial charge in [-0.1, -0.05) is 29.1 Å². The molecule has 1 aromatic rings. The van der Waals surface area contributed by atoms with Crippen LogP contribution in [0, 0.1) is 12.3 Å². The molecule has 0 aromatic heterocycles. The SMILES string of the molecule is C#CC[N]c1ccc(Cl)c(Cl)c1. The smallest absolute Gasteiger partial charge is 0.100 e. The molecular formula is C9H6Cl2N. The first-order valence-electron chi connectivity index (χ1n) is 3.30. The van der Waals surface area contributed by atoms with Crippen molar-refractivity contribution >= 4 is 28.9 Å². The van der Waals surface area contributed by atoms with Gasteiger partial charge in [-0.3, -0.25) is 5.32 Å². The van der Waals surface area contributed by atoms with E-state index in [4.69, 9.17) is 29.6 Å². The van der Waals surface area contributed by atoms with Crippen LogP contribution in [0.2, 0.25) is 10.0 Å². The summed E-state index contributed by atoms with van der Waals surface area (Å²) in [6, 6.07) is 5.14. The molecule has 0 atom stereocenters. The summed E-state index contributed by atoms with van der Waals surface area (Å²) >= 11 is 11.4. The van der Waals surface area contributed by atoms with Gasteiger partial charge in [-0.05, 0) is 18.2 Å². The standard InChI is InChI=1S/C9H6Cl2N/c1-2-5-12-7-3-4-8(10)9(11)6-7/h1,3-4,6H,5H2. The lowest BCUT2D eigenvalue weighted by Crippen LogP contribution is -1.96. The molecule has 0 heterocycles. The molecular weight excluding hydrogens is 193 g/mol. The van der Waals surface area contributed by atoms with Crippen LogP contribution in [0.15, 0.2) is 18.2 Å². The van der Waals surface area contributed by atoms with E-state index in [2.05, 4.69) is 11.2 Å². The van der Waals surface area contributed by atoms with Crippen molar-refractivity contribution in [2.75, 3.05) is 6.54 Å². The molecule has 1 nitrogen and oxygen atoms in total. The van der Waals surface area contributed by atoms with Crippen LogP contribution in [0.1, 0.15) is 0 Å². The Bertz CT molecular complexity index is 315. The Balaban J connectivity index is 2.77. The molecule has 1 radical (unpaired) electrons. The summed E-state index contributed by atoms with van der Waals surface area (Å²) in [5.41, 5.74) is 0.752. The summed E-state index contributed by atoms with van der Waals surface area (Å²) in [6.45, 7) is 0.359. The summed E-state index contributed by atoms with van der Waals surface area (Å²) < 4.78 is 0. The molecule has 0 aliphatic heterocycles. The summed E-state index contributed by atoms with van der Waals surface area (Å²) in [6.07, 6.45) is 5.04. The summed E-state index contributed by atoms with van der Waals surface area (Å²) in [7, 11) is 0. The third-order valence-electron chi connectivity index (χ3n) is 1.26. The number of hydrogen-bond donors (Lipinski definition) is 0. The second-order valence-electron chi connectivity index (χ2n) is 2.12. The van der Waals surface area contributed by atoms with Crippen LogP contribution in [0.5, 0.6) is 0 Å². The van der Waals surface area contributed by atoms with Gasteiger partial charge in [-0.25, -0.2) is 0 Å². The maximum atomic E-state index is 5.75. The van der Waals surface area contributed by atoms with E-state index in [0.717, 1.165) is 5.69 Å². The molecule has 0 amide bonds. The monoisotopic (exact) mass is 198 g/mol. The van der Waals surface area contributed by atoms with Gasteiger partial charge in [-0.2, -0.15) is 0 Å². The van der Waals surface area contributed by atoms with E-state index in [-0.39, 0.29) is 0 Å². The molecule has 61 valence electrons. The van der Waals surface area contributed by atoms with E-state index in [1.807, 2.05) is 0 Å². The first-order chi connectivity index (χ1) is 5.74. The van der Waals surface area contributed by atoms with Crippen molar-refractivity contribution in [1.82, 2.24) is 5.32 Å². The maximum Gasteiger partial charge on any atom is 0.100 e. The number of benzene rings is 1. The Kier molecular flexibility index (Phi) is 3.28. The average Bonchev–Trinajstić information content (AvgIpc) is 2.07. The van der Waals surface area contributed by atoms with Gasteiger partial charge in [0.05, 0.1) is 15.7 Å². The summed E-state index contributed by atoms with van der Waals surface area (Å²) in [5, 5.41) is 5.07. The van der Waals surface area contributed by atoms with E-state index < -0.39 is 0 Å². The van der Waals surface area contributed by atoms with Crippen LogP contribution in [0.25, 0.3) is 0 Å². The zero-order valence-corrected chi connectivity index (χ0v) is 7.73. The third-order valence-corrected chi connectivity index (χ3v) is 2.00. The maximum absolute atomic E-state index is 5.75. The molecule has 3 heteroatoms. The highest BCUT2D eigenvalue weighted by atomic mass is 35.5. The van der Waals surface area contributed by atoms with Crippen molar-refractivity contribution in [1.29, 1.82) is 0 Å². The molecule has 0 N–H and O–H groups in total. The molecule has 0 spiro atoms. The fourth-order valence-corrected chi connectivity index (χ4v) is 1.01. The Morgan fingerprint density at radius 2 is 2.08 bits per heavy atom. The van der Waals surface area contributed by atoms with Crippen molar-refractivity contribution in [3.05, 3.63) is 28.2 Å². The van der Waals surface area contributed by atoms with Gasteiger partial charge in [0.15, 0.2) is 0 Å². The normalized spacial score (nSPS) is 9.08. The van der Waals surface area contributed by atoms with E-state index >= 15 is 0 Å². The number of rotatable bonds is 2. The largest absolute Gasteiger partial charge is 0.272 e. The minimum atomic E-state index is 0.359. The Morgan fingerprint density at radius 1 is 1.33 bits per heavy atom. The number of halogens is 2. The molecule has 0 fully saturated rings. The highest BCUT2D eigenvalue weighted by Gasteiger charge is 1.98. The van der Waals surface area contributed by atoms with E-state index in [9.17, 15) is 0 Å². The van der Waals surface area contributed by atoms with Crippen LogP contribution in [-0.2, 0) is 0 Å². The number of hydrogen-bond acceptors (Lipinski definition) is 0. The van der Waals surface area contributed by atoms with Gasteiger partial charge in [-0.15, -0.1) is 6.42 Å². The van der Waals surface area contributed by atoms with Gasteiger partial charge in [0.2, 0.25) is 0 Å². The lowest BCUT2D eigenvalue weighted by atomic mass is 10.3. The molecule has 0 saturated carbocycles. The zero-order chi connectivity index (χ0) is 8.97. The predicted octanol–water partition coefficient (Wildman–Crippen LogP) is 2.86. The predicted molar refractivity (Wildman–Crippen MR) is 52.0 cm³/mol. The number of terminal acetylenes is 1. The van der Waals surface area contributed by atoms with Crippen LogP contribution in [0.4, 0.5) is 5.69 Å². The highest BCUT2D eigenvalue weighted by molar-refractivity contribution is 6.42. The van der Waals surface area contributed by atoms with Crippen molar-refractivity contribution in [2.45, 2.75) is 0 Å². The van der Waals surface area contributed by atoms with Crippen LogP contribution in [-0.4, -0.2) is 6.54 Å². The molecule has 0 bridgehead atoms. The van der Waals surface area contributed by atoms with Crippen molar-refractivity contribution < 1.29 is 0 Å². The molecule has 0 saturated heterocycles. The minimum absolute atomic E-state index is 0.359. The topological polar surface area (TPSA) is 14.1 Å². The van der Waals surface area contributed by atoms with Crippen molar-refractivity contribution in [3.8, 4) is 12.3 Å². The van der Waals surface area contributed by atoms with E-state index in [1.54, 1.807) is 18.2 Å². The van der Waals surface area contributed by atoms with Gasteiger partial charge >= 0.3 is 0 Å². The molecule has 12 heavy (non-hydrogen) atoms. The first kappa shape index (κ1) is 9.25. The zero-order valence-electron chi connectivity index (χ0n) is 6.22. The van der Waals surface area contributed by atoms with E-state index in [0.29, 0.717) is 16.6 Å². The summed E-state index contributed by atoms with van der Waals surface area (Å²) in [4.78, 5) is 0. The second kappa shape index (κ2) is 4.25. The first-order valence-corrected chi connectivity index (χ1v) is 4.05. The van der Waals surface area contributed by atoms with Gasteiger partial charge in [0, 0.05) is 0 Å². The quantitative estimate of drug-likeness (QED) is 0.650. The average molecular weight is 199 g/mol. The van der Waals surface area contributed by atoms with Crippen molar-refractivity contribution in [3.63, 3.8) is 0 Å². The molecule has 0 unspecified atom stereocenters. The Morgan fingerprint density at radius 3 is 2.67 bits per heavy atom. The molecule has 0 aliphatic carbocycles. The Hall–Kier alpha value is -0.840. The molecule has 1 rings (SSSR count). The fourth-order valence-electron chi connectivity index (χ4n) is 0.720.